The Kier molecular flexibility index (Phi) is 3.83. The van der Waals surface area contributed by atoms with Gasteiger partial charge in [0.2, 0.25) is 0 Å². The number of unbranched alkanes of at least 4 members (excludes halogenated alkanes) is 1. The number of hydrogen-bond acceptors (Lipinski definition) is 2. The fraction of sp³-hybridized carbons (Fsp3) is 0.571. The first kappa shape index (κ1) is 11.5. The molecule has 1 heterocycles. The van der Waals surface area contributed by atoms with Crippen LogP contribution < -0.4 is 10.6 Å². The zero-order valence-corrected chi connectivity index (χ0v) is 10.2. The molecule has 0 fully saturated rings. The second-order valence-electron chi connectivity index (χ2n) is 4.60. The molecular formula is C14H22N2. The van der Waals surface area contributed by atoms with Gasteiger partial charge in [-0.2, -0.15) is 0 Å². The number of anilines is 1. The Morgan fingerprint density at radius 2 is 2.19 bits per heavy atom. The van der Waals surface area contributed by atoms with Crippen LogP contribution in [0.4, 0.5) is 5.69 Å². The molecule has 1 aromatic rings. The normalized spacial score (nSPS) is 19.6. The average molecular weight is 218 g/mol. The Balaban J connectivity index is 2.22. The van der Waals surface area contributed by atoms with Crippen molar-refractivity contribution < 1.29 is 0 Å². The van der Waals surface area contributed by atoms with Crippen LogP contribution >= 0.6 is 0 Å². The lowest BCUT2D eigenvalue weighted by molar-refractivity contribution is 0.524. The van der Waals surface area contributed by atoms with E-state index in [1.807, 2.05) is 0 Å². The van der Waals surface area contributed by atoms with Crippen LogP contribution in [0.3, 0.4) is 0 Å². The molecule has 0 aliphatic carbocycles. The number of benzene rings is 1. The molecule has 2 N–H and O–H groups in total. The largest absolute Gasteiger partial charge is 0.367 e. The SMILES string of the molecule is CCCCN1c2ccccc2CCC1CN. The standard InChI is InChI=1S/C14H22N2/c1-2-3-10-16-13(11-15)9-8-12-6-4-5-7-14(12)16/h4-7,13H,2-3,8-11,15H2,1H3. The van der Waals surface area contributed by atoms with Crippen molar-refractivity contribution in [2.24, 2.45) is 5.73 Å². The third-order valence-corrected chi connectivity index (χ3v) is 3.51. The molecule has 16 heavy (non-hydrogen) atoms. The molecule has 1 unspecified atom stereocenters. The van der Waals surface area contributed by atoms with E-state index in [1.165, 1.54) is 36.9 Å². The zero-order chi connectivity index (χ0) is 11.4. The molecule has 0 saturated heterocycles. The predicted molar refractivity (Wildman–Crippen MR) is 69.9 cm³/mol. The summed E-state index contributed by atoms with van der Waals surface area (Å²) in [5.41, 5.74) is 8.78. The summed E-state index contributed by atoms with van der Waals surface area (Å²) < 4.78 is 0. The lowest BCUT2D eigenvalue weighted by atomic mass is 9.95. The Bertz CT molecular complexity index is 335. The van der Waals surface area contributed by atoms with Crippen molar-refractivity contribution in [2.75, 3.05) is 18.0 Å². The zero-order valence-electron chi connectivity index (χ0n) is 10.2. The average Bonchev–Trinajstić information content (AvgIpc) is 2.35. The summed E-state index contributed by atoms with van der Waals surface area (Å²) in [6.07, 6.45) is 4.89. The Labute approximate surface area is 98.4 Å². The van der Waals surface area contributed by atoms with Gasteiger partial charge in [0, 0.05) is 24.8 Å². The highest BCUT2D eigenvalue weighted by atomic mass is 15.2. The smallest absolute Gasteiger partial charge is 0.0415 e. The molecule has 2 nitrogen and oxygen atoms in total. The topological polar surface area (TPSA) is 29.3 Å². The summed E-state index contributed by atoms with van der Waals surface area (Å²) in [4.78, 5) is 2.52. The van der Waals surface area contributed by atoms with E-state index in [-0.39, 0.29) is 0 Å². The van der Waals surface area contributed by atoms with Gasteiger partial charge < -0.3 is 10.6 Å². The Morgan fingerprint density at radius 1 is 1.38 bits per heavy atom. The predicted octanol–water partition coefficient (Wildman–Crippen LogP) is 2.57. The molecule has 1 aromatic carbocycles. The van der Waals surface area contributed by atoms with Gasteiger partial charge in [0.25, 0.3) is 0 Å². The second kappa shape index (κ2) is 5.35. The fourth-order valence-corrected chi connectivity index (χ4v) is 2.55. The molecule has 0 amide bonds. The minimum Gasteiger partial charge on any atom is -0.367 e. The van der Waals surface area contributed by atoms with Crippen LogP contribution in [0.2, 0.25) is 0 Å². The van der Waals surface area contributed by atoms with Crippen molar-refractivity contribution in [3.63, 3.8) is 0 Å². The lowest BCUT2D eigenvalue weighted by Crippen LogP contribution is -2.44. The van der Waals surface area contributed by atoms with Gasteiger partial charge in [0.05, 0.1) is 0 Å². The maximum Gasteiger partial charge on any atom is 0.0415 e. The van der Waals surface area contributed by atoms with Crippen molar-refractivity contribution in [3.8, 4) is 0 Å². The molecular weight excluding hydrogens is 196 g/mol. The van der Waals surface area contributed by atoms with E-state index >= 15 is 0 Å². The lowest BCUT2D eigenvalue weighted by Gasteiger charge is -2.38. The number of nitrogens with two attached hydrogens (primary N) is 1. The monoisotopic (exact) mass is 218 g/mol. The molecule has 0 spiro atoms. The fourth-order valence-electron chi connectivity index (χ4n) is 2.55. The number of aryl methyl sites for hydroxylation is 1. The summed E-state index contributed by atoms with van der Waals surface area (Å²) in [6, 6.07) is 9.31. The van der Waals surface area contributed by atoms with E-state index in [0.29, 0.717) is 6.04 Å². The van der Waals surface area contributed by atoms with Gasteiger partial charge in [-0.05, 0) is 30.9 Å². The summed E-state index contributed by atoms with van der Waals surface area (Å²) in [5.74, 6) is 0. The first-order chi connectivity index (χ1) is 7.86. The highest BCUT2D eigenvalue weighted by Crippen LogP contribution is 2.30. The van der Waals surface area contributed by atoms with E-state index in [0.717, 1.165) is 13.1 Å². The van der Waals surface area contributed by atoms with Crippen LogP contribution in [0.1, 0.15) is 31.7 Å². The quantitative estimate of drug-likeness (QED) is 0.841. The van der Waals surface area contributed by atoms with Crippen LogP contribution in [0.15, 0.2) is 24.3 Å². The molecule has 1 aliphatic heterocycles. The summed E-state index contributed by atoms with van der Waals surface area (Å²) in [7, 11) is 0. The van der Waals surface area contributed by atoms with Gasteiger partial charge in [-0.3, -0.25) is 0 Å². The molecule has 0 saturated carbocycles. The number of hydrogen-bond donors (Lipinski definition) is 1. The van der Waals surface area contributed by atoms with E-state index in [9.17, 15) is 0 Å². The number of nitrogens with zero attached hydrogens (tertiary/aromatic N) is 1. The molecule has 2 rings (SSSR count). The second-order valence-corrected chi connectivity index (χ2v) is 4.60. The Morgan fingerprint density at radius 3 is 2.94 bits per heavy atom. The summed E-state index contributed by atoms with van der Waals surface area (Å²) >= 11 is 0. The number of rotatable bonds is 4. The molecule has 88 valence electrons. The van der Waals surface area contributed by atoms with Gasteiger partial charge in [-0.25, -0.2) is 0 Å². The van der Waals surface area contributed by atoms with Crippen LogP contribution in [0.25, 0.3) is 0 Å². The highest BCUT2D eigenvalue weighted by Gasteiger charge is 2.23. The van der Waals surface area contributed by atoms with Crippen LogP contribution in [0, 0.1) is 0 Å². The Hall–Kier alpha value is -1.02. The van der Waals surface area contributed by atoms with Gasteiger partial charge in [-0.1, -0.05) is 31.5 Å². The number of para-hydroxylation sites is 1. The maximum atomic E-state index is 5.88. The van der Waals surface area contributed by atoms with Crippen molar-refractivity contribution >= 4 is 5.69 Å². The molecule has 0 radical (unpaired) electrons. The van der Waals surface area contributed by atoms with Gasteiger partial charge in [0.15, 0.2) is 0 Å². The summed E-state index contributed by atoms with van der Waals surface area (Å²) in [6.45, 7) is 4.17. The van der Waals surface area contributed by atoms with Crippen LogP contribution in [-0.4, -0.2) is 19.1 Å². The van der Waals surface area contributed by atoms with Gasteiger partial charge in [-0.15, -0.1) is 0 Å². The van der Waals surface area contributed by atoms with Crippen molar-refractivity contribution in [1.82, 2.24) is 0 Å². The van der Waals surface area contributed by atoms with E-state index in [4.69, 9.17) is 5.73 Å². The van der Waals surface area contributed by atoms with Crippen molar-refractivity contribution in [1.29, 1.82) is 0 Å². The highest BCUT2D eigenvalue weighted by molar-refractivity contribution is 5.56. The minimum absolute atomic E-state index is 0.543. The third-order valence-electron chi connectivity index (χ3n) is 3.51. The molecule has 0 aromatic heterocycles. The van der Waals surface area contributed by atoms with Crippen molar-refractivity contribution in [2.45, 2.75) is 38.6 Å². The van der Waals surface area contributed by atoms with Gasteiger partial charge in [0.1, 0.15) is 0 Å². The number of fused-ring (bicyclic) bond motifs is 1. The first-order valence-corrected chi connectivity index (χ1v) is 6.41. The summed E-state index contributed by atoms with van der Waals surface area (Å²) in [5, 5.41) is 0. The van der Waals surface area contributed by atoms with Gasteiger partial charge >= 0.3 is 0 Å². The minimum atomic E-state index is 0.543. The van der Waals surface area contributed by atoms with Crippen LogP contribution in [0.5, 0.6) is 0 Å². The maximum absolute atomic E-state index is 5.88. The van der Waals surface area contributed by atoms with E-state index < -0.39 is 0 Å². The molecule has 2 heteroatoms. The van der Waals surface area contributed by atoms with E-state index in [1.54, 1.807) is 0 Å². The third kappa shape index (κ3) is 2.22. The molecule has 1 atom stereocenters. The van der Waals surface area contributed by atoms with E-state index in [2.05, 4.69) is 36.1 Å². The molecule has 0 bridgehead atoms. The van der Waals surface area contributed by atoms with Crippen molar-refractivity contribution in [3.05, 3.63) is 29.8 Å². The first-order valence-electron chi connectivity index (χ1n) is 6.41. The van der Waals surface area contributed by atoms with Crippen LogP contribution in [-0.2, 0) is 6.42 Å². The molecule has 1 aliphatic rings.